The van der Waals surface area contributed by atoms with Crippen LogP contribution in [0.15, 0.2) is 0 Å². The lowest BCUT2D eigenvalue weighted by atomic mass is 10.3. The molecule has 6 nitrogen and oxygen atoms in total. The van der Waals surface area contributed by atoms with E-state index in [-0.39, 0.29) is 0 Å². The Hall–Kier alpha value is -1.45. The molecule has 0 saturated heterocycles. The fourth-order valence-corrected chi connectivity index (χ4v) is 3.63. The smallest absolute Gasteiger partial charge is 0.275 e. The molecule has 0 spiro atoms. The van der Waals surface area contributed by atoms with E-state index in [1.165, 1.54) is 22.7 Å². The van der Waals surface area contributed by atoms with Crippen molar-refractivity contribution in [3.05, 3.63) is 9.75 Å². The van der Waals surface area contributed by atoms with Gasteiger partial charge in [-0.05, 0) is 12.2 Å². The summed E-state index contributed by atoms with van der Waals surface area (Å²) in [5, 5.41) is 7.78. The second kappa shape index (κ2) is 4.91. The molecule has 0 aromatic carbocycles. The lowest BCUT2D eigenvalue weighted by molar-refractivity contribution is 0.412. The van der Waals surface area contributed by atoms with Gasteiger partial charge in [0.2, 0.25) is 0 Å². The summed E-state index contributed by atoms with van der Waals surface area (Å²) < 4.78 is 10.3. The van der Waals surface area contributed by atoms with E-state index in [0.717, 1.165) is 27.8 Å². The molecule has 2 aromatic heterocycles. The van der Waals surface area contributed by atoms with Gasteiger partial charge < -0.3 is 20.1 Å². The zero-order valence-corrected chi connectivity index (χ0v) is 12.6. The van der Waals surface area contributed by atoms with Crippen LogP contribution in [0.4, 0.5) is 11.6 Å². The summed E-state index contributed by atoms with van der Waals surface area (Å²) in [5.74, 6) is 1.47. The number of nitrogens with zero attached hydrogens (tertiary/aromatic N) is 2. The van der Waals surface area contributed by atoms with Crippen molar-refractivity contribution in [3.63, 3.8) is 0 Å². The molecule has 9 heteroatoms. The topological polar surface area (TPSA) is 68.3 Å². The van der Waals surface area contributed by atoms with Crippen LogP contribution in [0.25, 0.3) is 0 Å². The van der Waals surface area contributed by atoms with E-state index < -0.39 is 0 Å². The molecule has 1 aliphatic heterocycles. The lowest BCUT2D eigenvalue weighted by Gasteiger charge is -2.12. The van der Waals surface area contributed by atoms with Crippen LogP contribution in [0.1, 0.15) is 9.75 Å². The van der Waals surface area contributed by atoms with Crippen molar-refractivity contribution in [1.82, 2.24) is 9.97 Å². The van der Waals surface area contributed by atoms with E-state index in [2.05, 4.69) is 20.6 Å². The first-order valence-corrected chi connectivity index (χ1v) is 7.39. The van der Waals surface area contributed by atoms with E-state index in [4.69, 9.17) is 21.7 Å². The van der Waals surface area contributed by atoms with E-state index in [1.54, 1.807) is 14.2 Å². The Morgan fingerprint density at radius 2 is 1.47 bits per heavy atom. The summed E-state index contributed by atoms with van der Waals surface area (Å²) in [6.07, 6.45) is 0.718. The third-order valence-corrected chi connectivity index (χ3v) is 4.73. The first-order chi connectivity index (χ1) is 9.19. The van der Waals surface area contributed by atoms with Gasteiger partial charge in [-0.25, -0.2) is 0 Å². The second-order valence-electron chi connectivity index (χ2n) is 3.67. The van der Waals surface area contributed by atoms with Crippen LogP contribution in [0.2, 0.25) is 0 Å². The fourth-order valence-electron chi connectivity index (χ4n) is 1.66. The Labute approximate surface area is 122 Å². The second-order valence-corrected chi connectivity index (χ2v) is 6.17. The van der Waals surface area contributed by atoms with Gasteiger partial charge in [0.1, 0.15) is 0 Å². The summed E-state index contributed by atoms with van der Waals surface area (Å²) in [4.78, 5) is 10.8. The van der Waals surface area contributed by atoms with Gasteiger partial charge >= 0.3 is 0 Å². The molecule has 19 heavy (non-hydrogen) atoms. The van der Waals surface area contributed by atoms with Crippen molar-refractivity contribution < 1.29 is 9.47 Å². The van der Waals surface area contributed by atoms with Crippen LogP contribution in [-0.2, 0) is 6.42 Å². The zero-order chi connectivity index (χ0) is 13.4. The van der Waals surface area contributed by atoms with E-state index in [1.807, 2.05) is 0 Å². The van der Waals surface area contributed by atoms with Crippen molar-refractivity contribution >= 4 is 51.6 Å². The van der Waals surface area contributed by atoms with Crippen molar-refractivity contribution in [2.24, 2.45) is 0 Å². The van der Waals surface area contributed by atoms with Crippen molar-refractivity contribution in [2.75, 3.05) is 24.9 Å². The minimum absolute atomic E-state index is 0.461. The third-order valence-electron chi connectivity index (χ3n) is 2.49. The molecule has 3 rings (SSSR count). The maximum atomic E-state index is 5.22. The van der Waals surface area contributed by atoms with Crippen LogP contribution >= 0.6 is 34.9 Å². The molecule has 0 aliphatic carbocycles. The fraction of sp³-hybridized carbons (Fsp3) is 0.300. The number of rotatable bonds is 2. The predicted molar refractivity (Wildman–Crippen MR) is 80.0 cm³/mol. The molecule has 2 aromatic rings. The van der Waals surface area contributed by atoms with Gasteiger partial charge in [-0.15, -0.1) is 0 Å². The van der Waals surface area contributed by atoms with Gasteiger partial charge in [0.15, 0.2) is 16.7 Å². The number of anilines is 2. The van der Waals surface area contributed by atoms with E-state index >= 15 is 0 Å². The predicted octanol–water partition coefficient (Wildman–Crippen LogP) is 2.33. The van der Waals surface area contributed by atoms with Gasteiger partial charge in [0.25, 0.3) is 10.4 Å². The largest absolute Gasteiger partial charge is 0.473 e. The number of methoxy groups -OCH3 is 2. The molecule has 0 radical (unpaired) electrons. The van der Waals surface area contributed by atoms with Crippen LogP contribution in [0.3, 0.4) is 0 Å². The molecular weight excluding hydrogens is 304 g/mol. The first kappa shape index (κ1) is 12.6. The molecule has 100 valence electrons. The quantitative estimate of drug-likeness (QED) is 0.825. The highest BCUT2D eigenvalue weighted by molar-refractivity contribution is 7.80. The maximum Gasteiger partial charge on any atom is 0.275 e. The van der Waals surface area contributed by atoms with Crippen LogP contribution < -0.4 is 20.1 Å². The number of thiocarbonyl (C=S) groups is 1. The highest BCUT2D eigenvalue weighted by Crippen LogP contribution is 2.37. The standard InChI is InChI=1S/C10H10N4O2S3/c1-15-9-13-6-4(18-9)3-5-7(12-8(17)11-6)14-10(16-2)19-5/h3H2,1-2H3,(H2,11,12,17). The number of hydrogen-bond donors (Lipinski definition) is 2. The Kier molecular flexibility index (Phi) is 3.25. The van der Waals surface area contributed by atoms with Crippen molar-refractivity contribution in [3.8, 4) is 10.4 Å². The Balaban J connectivity index is 2.04. The number of thiazole rings is 2. The molecule has 0 atom stereocenters. The Morgan fingerprint density at radius 1 is 1.00 bits per heavy atom. The molecule has 0 amide bonds. The third kappa shape index (κ3) is 2.36. The molecule has 2 N–H and O–H groups in total. The number of nitrogens with one attached hydrogen (secondary N) is 2. The van der Waals surface area contributed by atoms with Crippen LogP contribution in [-0.4, -0.2) is 29.3 Å². The lowest BCUT2D eigenvalue weighted by Crippen LogP contribution is -2.22. The summed E-state index contributed by atoms with van der Waals surface area (Å²) in [6.45, 7) is 0. The minimum atomic E-state index is 0.461. The molecular formula is C10H10N4O2S3. The highest BCUT2D eigenvalue weighted by atomic mass is 32.1. The monoisotopic (exact) mass is 314 g/mol. The molecule has 0 bridgehead atoms. The summed E-state index contributed by atoms with van der Waals surface area (Å²) in [7, 11) is 3.20. The van der Waals surface area contributed by atoms with Gasteiger partial charge in [-0.1, -0.05) is 22.7 Å². The summed E-state index contributed by atoms with van der Waals surface area (Å²) in [6, 6.07) is 0. The van der Waals surface area contributed by atoms with Crippen molar-refractivity contribution in [1.29, 1.82) is 0 Å². The van der Waals surface area contributed by atoms with Crippen molar-refractivity contribution in [2.45, 2.75) is 6.42 Å². The Morgan fingerprint density at radius 3 is 1.89 bits per heavy atom. The van der Waals surface area contributed by atoms with E-state index in [0.29, 0.717) is 15.5 Å². The molecule has 0 unspecified atom stereocenters. The molecule has 0 fully saturated rings. The number of hydrogen-bond acceptors (Lipinski definition) is 7. The average Bonchev–Trinajstić information content (AvgIpc) is 2.93. The minimum Gasteiger partial charge on any atom is -0.473 e. The Bertz CT molecular complexity index is 585. The maximum absolute atomic E-state index is 5.22. The van der Waals surface area contributed by atoms with Crippen LogP contribution in [0, 0.1) is 0 Å². The van der Waals surface area contributed by atoms with Gasteiger partial charge in [0.05, 0.1) is 24.0 Å². The summed E-state index contributed by atoms with van der Waals surface area (Å²) >= 11 is 8.21. The first-order valence-electron chi connectivity index (χ1n) is 5.35. The van der Waals surface area contributed by atoms with Gasteiger partial charge in [-0.3, -0.25) is 0 Å². The SMILES string of the molecule is COc1nc2c(s1)Cc1sc(OC)nc1NC(=S)N2. The van der Waals surface area contributed by atoms with Gasteiger partial charge in [-0.2, -0.15) is 9.97 Å². The molecule has 1 aliphatic rings. The van der Waals surface area contributed by atoms with Crippen LogP contribution in [0.5, 0.6) is 10.4 Å². The van der Waals surface area contributed by atoms with E-state index in [9.17, 15) is 0 Å². The molecule has 0 saturated carbocycles. The number of aromatic nitrogens is 2. The normalized spacial score (nSPS) is 13.5. The highest BCUT2D eigenvalue weighted by Gasteiger charge is 2.22. The zero-order valence-electron chi connectivity index (χ0n) is 10.1. The van der Waals surface area contributed by atoms with Gasteiger partial charge in [0, 0.05) is 6.42 Å². The molecule has 3 heterocycles. The number of ether oxygens (including phenoxy) is 2. The number of fused-ring (bicyclic) bond motifs is 2. The summed E-state index contributed by atoms with van der Waals surface area (Å²) in [5.41, 5.74) is 0. The average molecular weight is 314 g/mol.